The third-order valence-corrected chi connectivity index (χ3v) is 9.34. The van der Waals surface area contributed by atoms with Crippen LogP contribution >= 0.6 is 0 Å². The zero-order valence-electron chi connectivity index (χ0n) is 25.7. The van der Waals surface area contributed by atoms with Gasteiger partial charge in [-0.15, -0.1) is 0 Å². The molecule has 0 bridgehead atoms. The summed E-state index contributed by atoms with van der Waals surface area (Å²) in [5.74, 6) is 0.464. The van der Waals surface area contributed by atoms with E-state index < -0.39 is 0 Å². The minimum absolute atomic E-state index is 0.464. The van der Waals surface area contributed by atoms with Crippen molar-refractivity contribution in [2.45, 2.75) is 33.6 Å². The molecule has 0 heterocycles. The Labute approximate surface area is 260 Å². The molecule has 0 radical (unpaired) electrons. The SMILES string of the molecule is Cc1cccc(C)c1N(c1cccc(C(C)C)c1)c1ccc2cc3c(cc2c1)-c1cc2ccc(-c4ccccc4)cc2cc1-3. The van der Waals surface area contributed by atoms with E-state index >= 15 is 0 Å². The Bertz CT molecular complexity index is 2200. The monoisotopic (exact) mass is 565 g/mol. The van der Waals surface area contributed by atoms with Gasteiger partial charge in [-0.2, -0.15) is 0 Å². The third kappa shape index (κ3) is 4.31. The van der Waals surface area contributed by atoms with Crippen LogP contribution in [-0.2, 0) is 0 Å². The van der Waals surface area contributed by atoms with E-state index in [9.17, 15) is 0 Å². The van der Waals surface area contributed by atoms with E-state index in [0.717, 1.165) is 0 Å². The molecule has 0 saturated heterocycles. The summed E-state index contributed by atoms with van der Waals surface area (Å²) in [5.41, 5.74) is 15.4. The second kappa shape index (κ2) is 10.2. The number of rotatable bonds is 5. The molecule has 0 aromatic heterocycles. The topological polar surface area (TPSA) is 3.24 Å². The molecular weight excluding hydrogens is 530 g/mol. The van der Waals surface area contributed by atoms with Crippen LogP contribution < -0.4 is 4.90 Å². The number of fused-ring (bicyclic) bond motifs is 6. The van der Waals surface area contributed by atoms with E-state index in [-0.39, 0.29) is 0 Å². The maximum atomic E-state index is 2.45. The summed E-state index contributed by atoms with van der Waals surface area (Å²) in [6.45, 7) is 8.96. The molecule has 44 heavy (non-hydrogen) atoms. The van der Waals surface area contributed by atoms with Gasteiger partial charge in [0.1, 0.15) is 0 Å². The minimum Gasteiger partial charge on any atom is -0.310 e. The van der Waals surface area contributed by atoms with Crippen molar-refractivity contribution in [3.05, 3.63) is 150 Å². The van der Waals surface area contributed by atoms with Crippen LogP contribution in [0.5, 0.6) is 0 Å². The first-order valence-electron chi connectivity index (χ1n) is 15.6. The molecule has 0 unspecified atom stereocenters. The van der Waals surface area contributed by atoms with Crippen LogP contribution in [0.15, 0.2) is 133 Å². The third-order valence-electron chi connectivity index (χ3n) is 9.34. The molecule has 0 amide bonds. The Balaban J connectivity index is 1.24. The molecule has 8 rings (SSSR count). The van der Waals surface area contributed by atoms with Crippen molar-refractivity contribution >= 4 is 38.6 Å². The van der Waals surface area contributed by atoms with Gasteiger partial charge in [0.15, 0.2) is 0 Å². The van der Waals surface area contributed by atoms with Crippen LogP contribution in [0, 0.1) is 13.8 Å². The number of anilines is 3. The van der Waals surface area contributed by atoms with E-state index in [4.69, 9.17) is 0 Å². The maximum Gasteiger partial charge on any atom is 0.0519 e. The quantitative estimate of drug-likeness (QED) is 0.201. The van der Waals surface area contributed by atoms with Crippen molar-refractivity contribution in [2.75, 3.05) is 4.90 Å². The van der Waals surface area contributed by atoms with Gasteiger partial charge >= 0.3 is 0 Å². The maximum absolute atomic E-state index is 2.45. The summed E-state index contributed by atoms with van der Waals surface area (Å²) in [5, 5.41) is 5.12. The molecule has 7 aromatic rings. The summed E-state index contributed by atoms with van der Waals surface area (Å²) >= 11 is 0. The summed E-state index contributed by atoms with van der Waals surface area (Å²) in [6, 6.07) is 49.6. The molecule has 212 valence electrons. The summed E-state index contributed by atoms with van der Waals surface area (Å²) in [6.07, 6.45) is 0. The largest absolute Gasteiger partial charge is 0.310 e. The van der Waals surface area contributed by atoms with Gasteiger partial charge in [0.25, 0.3) is 0 Å². The highest BCUT2D eigenvalue weighted by molar-refractivity contribution is 6.12. The zero-order chi connectivity index (χ0) is 29.9. The lowest BCUT2D eigenvalue weighted by atomic mass is 9.77. The van der Waals surface area contributed by atoms with E-state index in [2.05, 4.69) is 166 Å². The molecule has 1 aliphatic carbocycles. The Morgan fingerprint density at radius 2 is 1.00 bits per heavy atom. The molecule has 1 aliphatic rings. The summed E-state index contributed by atoms with van der Waals surface area (Å²) < 4.78 is 0. The highest BCUT2D eigenvalue weighted by Gasteiger charge is 2.25. The number of para-hydroxylation sites is 1. The summed E-state index contributed by atoms with van der Waals surface area (Å²) in [4.78, 5) is 2.45. The van der Waals surface area contributed by atoms with Crippen molar-refractivity contribution in [3.63, 3.8) is 0 Å². The lowest BCUT2D eigenvalue weighted by Crippen LogP contribution is -2.13. The van der Waals surface area contributed by atoms with E-state index in [1.54, 1.807) is 0 Å². The van der Waals surface area contributed by atoms with Gasteiger partial charge in [0.2, 0.25) is 0 Å². The fourth-order valence-corrected chi connectivity index (χ4v) is 6.95. The zero-order valence-corrected chi connectivity index (χ0v) is 25.7. The van der Waals surface area contributed by atoms with Crippen LogP contribution in [-0.4, -0.2) is 0 Å². The van der Waals surface area contributed by atoms with Crippen LogP contribution in [0.4, 0.5) is 17.1 Å². The summed E-state index contributed by atoms with van der Waals surface area (Å²) in [7, 11) is 0. The van der Waals surface area contributed by atoms with Crippen molar-refractivity contribution in [1.82, 2.24) is 0 Å². The van der Waals surface area contributed by atoms with Crippen molar-refractivity contribution in [2.24, 2.45) is 0 Å². The predicted molar refractivity (Wildman–Crippen MR) is 190 cm³/mol. The lowest BCUT2D eigenvalue weighted by molar-refractivity contribution is 0.866. The van der Waals surface area contributed by atoms with Crippen LogP contribution in [0.3, 0.4) is 0 Å². The van der Waals surface area contributed by atoms with Gasteiger partial charge in [-0.05, 0) is 146 Å². The Morgan fingerprint density at radius 1 is 0.432 bits per heavy atom. The highest BCUT2D eigenvalue weighted by atomic mass is 15.1. The molecule has 0 saturated carbocycles. The van der Waals surface area contributed by atoms with Crippen molar-refractivity contribution in [3.8, 4) is 33.4 Å². The van der Waals surface area contributed by atoms with Crippen LogP contribution in [0.1, 0.15) is 36.5 Å². The first-order valence-corrected chi connectivity index (χ1v) is 15.6. The molecule has 1 heteroatoms. The molecule has 0 fully saturated rings. The Kier molecular flexibility index (Phi) is 6.17. The second-order valence-electron chi connectivity index (χ2n) is 12.6. The van der Waals surface area contributed by atoms with Crippen LogP contribution in [0.25, 0.3) is 54.9 Å². The van der Waals surface area contributed by atoms with Gasteiger partial charge in [0, 0.05) is 11.4 Å². The van der Waals surface area contributed by atoms with Gasteiger partial charge in [-0.3, -0.25) is 0 Å². The first kappa shape index (κ1) is 26.5. The number of nitrogens with zero attached hydrogens (tertiary/aromatic N) is 1. The number of hydrogen-bond acceptors (Lipinski definition) is 1. The average molecular weight is 566 g/mol. The predicted octanol–water partition coefficient (Wildman–Crippen LogP) is 12.5. The number of benzene rings is 7. The van der Waals surface area contributed by atoms with Gasteiger partial charge in [-0.1, -0.05) is 92.7 Å². The average Bonchev–Trinajstić information content (AvgIpc) is 3.05. The van der Waals surface area contributed by atoms with Crippen molar-refractivity contribution < 1.29 is 0 Å². The fraction of sp³-hybridized carbons (Fsp3) is 0.116. The standard InChI is InChI=1S/C43H35N/c1-27(2)31-14-9-15-37(21-31)44(43-28(3)10-8-11-29(43)4)38-19-18-34-24-40-41-25-35-20-32(30-12-6-5-7-13-30)16-17-33(35)23-39(41)42(40)26-36(34)22-38/h5-27H,1-4H3. The molecule has 7 aromatic carbocycles. The molecule has 0 spiro atoms. The van der Waals surface area contributed by atoms with E-state index in [0.29, 0.717) is 5.92 Å². The minimum atomic E-state index is 0.464. The molecule has 0 atom stereocenters. The smallest absolute Gasteiger partial charge is 0.0519 e. The number of hydrogen-bond donors (Lipinski definition) is 0. The Hall–Kier alpha value is -5.14. The van der Waals surface area contributed by atoms with Gasteiger partial charge in [0.05, 0.1) is 5.69 Å². The van der Waals surface area contributed by atoms with Gasteiger partial charge < -0.3 is 4.90 Å². The van der Waals surface area contributed by atoms with E-state index in [1.807, 2.05) is 0 Å². The molecular formula is C43H35N. The molecule has 1 nitrogen and oxygen atoms in total. The second-order valence-corrected chi connectivity index (χ2v) is 12.6. The van der Waals surface area contributed by atoms with E-state index in [1.165, 1.54) is 88.7 Å². The van der Waals surface area contributed by atoms with Crippen molar-refractivity contribution in [1.29, 1.82) is 0 Å². The normalized spacial score (nSPS) is 11.8. The highest BCUT2D eigenvalue weighted by Crippen LogP contribution is 2.51. The lowest BCUT2D eigenvalue weighted by Gasteiger charge is -2.30. The van der Waals surface area contributed by atoms with Crippen LogP contribution in [0.2, 0.25) is 0 Å². The first-order chi connectivity index (χ1) is 21.4. The Morgan fingerprint density at radius 3 is 1.66 bits per heavy atom. The number of aryl methyl sites for hydroxylation is 2. The molecule has 0 N–H and O–H groups in total. The van der Waals surface area contributed by atoms with Gasteiger partial charge in [-0.25, -0.2) is 0 Å². The molecule has 0 aliphatic heterocycles. The fourth-order valence-electron chi connectivity index (χ4n) is 6.95.